The first-order valence-electron chi connectivity index (χ1n) is 4.53. The monoisotopic (exact) mass is 257 g/mol. The predicted molar refractivity (Wildman–Crippen MR) is 65.6 cm³/mol. The number of H-pyrrole nitrogens is 1. The first-order chi connectivity index (χ1) is 7.50. The molecule has 16 heavy (non-hydrogen) atoms. The molecule has 0 aliphatic carbocycles. The molecule has 0 fully saturated rings. The summed E-state index contributed by atoms with van der Waals surface area (Å²) in [6, 6.07) is 4.88. The average Bonchev–Trinajstić information content (AvgIpc) is 2.46. The minimum atomic E-state index is -0.318. The summed E-state index contributed by atoms with van der Waals surface area (Å²) in [5.41, 5.74) is 6.59. The minimum absolute atomic E-state index is 0.186. The highest BCUT2D eigenvalue weighted by atomic mass is 35.5. The van der Waals surface area contributed by atoms with E-state index in [1.54, 1.807) is 25.1 Å². The number of nitrogens with one attached hydrogen (secondary N) is 1. The second-order valence-corrected chi connectivity index (χ2v) is 4.23. The van der Waals surface area contributed by atoms with Gasteiger partial charge in [-0.05, 0) is 25.1 Å². The number of nitrogen functional groups attached to an aromatic ring is 1. The van der Waals surface area contributed by atoms with E-state index < -0.39 is 0 Å². The number of aromatic nitrogens is 2. The van der Waals surface area contributed by atoms with Gasteiger partial charge in [-0.15, -0.1) is 0 Å². The van der Waals surface area contributed by atoms with Crippen molar-refractivity contribution in [1.29, 1.82) is 0 Å². The summed E-state index contributed by atoms with van der Waals surface area (Å²) < 4.78 is 1.29. The summed E-state index contributed by atoms with van der Waals surface area (Å²) in [4.78, 5) is 11.7. The molecule has 0 saturated carbocycles. The van der Waals surface area contributed by atoms with Crippen LogP contribution in [0.1, 0.15) is 5.69 Å². The molecule has 0 unspecified atom stereocenters. The van der Waals surface area contributed by atoms with Gasteiger partial charge < -0.3 is 5.73 Å². The third kappa shape index (κ3) is 1.70. The molecule has 0 bridgehead atoms. The molecule has 4 nitrogen and oxygen atoms in total. The molecule has 1 aromatic carbocycles. The van der Waals surface area contributed by atoms with E-state index in [0.717, 1.165) is 0 Å². The molecule has 1 aromatic heterocycles. The van der Waals surface area contributed by atoms with Crippen molar-refractivity contribution in [2.24, 2.45) is 0 Å². The third-order valence-electron chi connectivity index (χ3n) is 2.27. The van der Waals surface area contributed by atoms with Crippen LogP contribution < -0.4 is 11.3 Å². The predicted octanol–water partition coefficient (Wildman–Crippen LogP) is 2.36. The maximum Gasteiger partial charge on any atom is 0.294 e. The molecule has 3 N–H and O–H groups in total. The number of halogens is 2. The van der Waals surface area contributed by atoms with Crippen LogP contribution in [-0.4, -0.2) is 9.78 Å². The number of nitrogens with zero attached hydrogens (tertiary/aromatic N) is 1. The number of rotatable bonds is 1. The second-order valence-electron chi connectivity index (χ2n) is 3.39. The zero-order valence-corrected chi connectivity index (χ0v) is 9.93. The van der Waals surface area contributed by atoms with Gasteiger partial charge in [0.15, 0.2) is 0 Å². The molecule has 0 spiro atoms. The molecule has 1 heterocycles. The van der Waals surface area contributed by atoms with Crippen LogP contribution in [0.4, 0.5) is 5.69 Å². The van der Waals surface area contributed by atoms with Gasteiger partial charge >= 0.3 is 0 Å². The Morgan fingerprint density at radius 1 is 1.38 bits per heavy atom. The molecule has 0 aliphatic heterocycles. The fraction of sp³-hybridized carbons (Fsp3) is 0.100. The van der Waals surface area contributed by atoms with Gasteiger partial charge in [-0.25, -0.2) is 4.68 Å². The van der Waals surface area contributed by atoms with Crippen LogP contribution in [0.25, 0.3) is 5.69 Å². The summed E-state index contributed by atoms with van der Waals surface area (Å²) >= 11 is 11.8. The number of hydrogen-bond donors (Lipinski definition) is 2. The molecule has 0 aliphatic rings. The lowest BCUT2D eigenvalue weighted by Crippen LogP contribution is -2.16. The molecule has 2 rings (SSSR count). The summed E-state index contributed by atoms with van der Waals surface area (Å²) in [5.74, 6) is 0. The highest BCUT2D eigenvalue weighted by molar-refractivity contribution is 6.35. The molecule has 84 valence electrons. The fourth-order valence-electron chi connectivity index (χ4n) is 1.39. The molecule has 0 atom stereocenters. The van der Waals surface area contributed by atoms with Crippen LogP contribution in [0.5, 0.6) is 0 Å². The van der Waals surface area contributed by atoms with Gasteiger partial charge in [0, 0.05) is 5.02 Å². The summed E-state index contributed by atoms with van der Waals surface area (Å²) in [5, 5.41) is 3.74. The molecular formula is C10H9Cl2N3O. The second kappa shape index (κ2) is 3.88. The van der Waals surface area contributed by atoms with Crippen LogP contribution >= 0.6 is 23.2 Å². The lowest BCUT2D eigenvalue weighted by Gasteiger charge is -2.04. The number of aryl methyl sites for hydroxylation is 1. The van der Waals surface area contributed by atoms with Gasteiger partial charge in [-0.2, -0.15) is 0 Å². The maximum atomic E-state index is 11.7. The molecular weight excluding hydrogens is 249 g/mol. The van der Waals surface area contributed by atoms with E-state index in [1.165, 1.54) is 4.68 Å². The summed E-state index contributed by atoms with van der Waals surface area (Å²) in [6.07, 6.45) is 0. The normalized spacial score (nSPS) is 10.7. The van der Waals surface area contributed by atoms with Crippen molar-refractivity contribution in [1.82, 2.24) is 9.78 Å². The van der Waals surface area contributed by atoms with Crippen LogP contribution in [0.15, 0.2) is 23.0 Å². The number of benzene rings is 1. The smallest absolute Gasteiger partial charge is 0.294 e. The van der Waals surface area contributed by atoms with Crippen LogP contribution in [0, 0.1) is 6.92 Å². The number of anilines is 1. The zero-order chi connectivity index (χ0) is 11.9. The van der Waals surface area contributed by atoms with Gasteiger partial charge in [-0.3, -0.25) is 9.89 Å². The quantitative estimate of drug-likeness (QED) is 0.824. The van der Waals surface area contributed by atoms with Crippen molar-refractivity contribution in [3.05, 3.63) is 44.3 Å². The Hall–Kier alpha value is -1.39. The van der Waals surface area contributed by atoms with E-state index in [9.17, 15) is 4.79 Å². The van der Waals surface area contributed by atoms with E-state index in [4.69, 9.17) is 28.9 Å². The fourth-order valence-corrected chi connectivity index (χ4v) is 1.88. The molecule has 0 amide bonds. The van der Waals surface area contributed by atoms with Crippen molar-refractivity contribution in [2.75, 3.05) is 5.73 Å². The standard InChI is InChI=1S/C10H9Cl2N3O/c1-5-9(13)10(16)15(14-5)8-3-2-6(11)4-7(8)12/h2-4,14H,13H2,1H3. The van der Waals surface area contributed by atoms with Gasteiger partial charge in [-0.1, -0.05) is 23.2 Å². The molecule has 0 radical (unpaired) electrons. The van der Waals surface area contributed by atoms with E-state index in [1.807, 2.05) is 0 Å². The first-order valence-corrected chi connectivity index (χ1v) is 5.29. The topological polar surface area (TPSA) is 63.8 Å². The Bertz CT molecular complexity index is 601. The lowest BCUT2D eigenvalue weighted by molar-refractivity contribution is 0.836. The summed E-state index contributed by atoms with van der Waals surface area (Å²) in [6.45, 7) is 1.72. The number of nitrogens with two attached hydrogens (primary N) is 1. The Morgan fingerprint density at radius 3 is 2.56 bits per heavy atom. The largest absolute Gasteiger partial charge is 0.393 e. The van der Waals surface area contributed by atoms with E-state index in [0.29, 0.717) is 21.4 Å². The summed E-state index contributed by atoms with van der Waals surface area (Å²) in [7, 11) is 0. The average molecular weight is 258 g/mol. The van der Waals surface area contributed by atoms with Crippen molar-refractivity contribution >= 4 is 28.9 Å². The van der Waals surface area contributed by atoms with Gasteiger partial charge in [0.25, 0.3) is 5.56 Å². The maximum absolute atomic E-state index is 11.7. The third-order valence-corrected chi connectivity index (χ3v) is 2.81. The zero-order valence-electron chi connectivity index (χ0n) is 8.42. The molecule has 0 saturated heterocycles. The number of hydrogen-bond acceptors (Lipinski definition) is 2. The highest BCUT2D eigenvalue weighted by Crippen LogP contribution is 2.23. The lowest BCUT2D eigenvalue weighted by atomic mass is 10.3. The van der Waals surface area contributed by atoms with Gasteiger partial charge in [0.1, 0.15) is 5.69 Å². The Labute approximate surface area is 102 Å². The Balaban J connectivity index is 2.68. The SMILES string of the molecule is Cc1[nH]n(-c2ccc(Cl)cc2Cl)c(=O)c1N. The van der Waals surface area contributed by atoms with Crippen molar-refractivity contribution in [3.63, 3.8) is 0 Å². The number of aromatic amines is 1. The Morgan fingerprint density at radius 2 is 2.06 bits per heavy atom. The van der Waals surface area contributed by atoms with E-state index in [-0.39, 0.29) is 11.2 Å². The minimum Gasteiger partial charge on any atom is -0.393 e. The van der Waals surface area contributed by atoms with Gasteiger partial charge in [0.2, 0.25) is 0 Å². The Kier molecular flexibility index (Phi) is 2.69. The van der Waals surface area contributed by atoms with Crippen molar-refractivity contribution < 1.29 is 0 Å². The highest BCUT2D eigenvalue weighted by Gasteiger charge is 2.11. The van der Waals surface area contributed by atoms with Gasteiger partial charge in [0.05, 0.1) is 16.4 Å². The molecule has 6 heteroatoms. The van der Waals surface area contributed by atoms with Crippen molar-refractivity contribution in [3.8, 4) is 5.69 Å². The van der Waals surface area contributed by atoms with E-state index >= 15 is 0 Å². The van der Waals surface area contributed by atoms with Crippen LogP contribution in [-0.2, 0) is 0 Å². The molecule has 2 aromatic rings. The first kappa shape index (κ1) is 11.1. The van der Waals surface area contributed by atoms with Crippen LogP contribution in [0.2, 0.25) is 10.0 Å². The van der Waals surface area contributed by atoms with Crippen molar-refractivity contribution in [2.45, 2.75) is 6.92 Å². The van der Waals surface area contributed by atoms with E-state index in [2.05, 4.69) is 5.10 Å². The van der Waals surface area contributed by atoms with Crippen LogP contribution in [0.3, 0.4) is 0 Å².